The molecule has 2 heteroatoms. The number of rotatable bonds is 1. The first kappa shape index (κ1) is 8.30. The van der Waals surface area contributed by atoms with Crippen LogP contribution >= 0.6 is 0 Å². The van der Waals surface area contributed by atoms with Crippen molar-refractivity contribution < 1.29 is 4.74 Å². The van der Waals surface area contributed by atoms with E-state index in [2.05, 4.69) is 36.1 Å². The highest BCUT2D eigenvalue weighted by Crippen LogP contribution is 2.39. The Kier molecular flexibility index (Phi) is 1.62. The molecule has 0 aromatic heterocycles. The number of anilines is 1. The highest BCUT2D eigenvalue weighted by atomic mass is 16.5. The topological polar surface area (TPSA) is 12.5 Å². The van der Waals surface area contributed by atoms with Crippen LogP contribution in [0.4, 0.5) is 5.69 Å². The summed E-state index contributed by atoms with van der Waals surface area (Å²) in [5.41, 5.74) is 3.20. The molecule has 2 aliphatic rings. The van der Waals surface area contributed by atoms with Crippen molar-refractivity contribution in [3.8, 4) is 0 Å². The molecule has 0 unspecified atom stereocenters. The van der Waals surface area contributed by atoms with E-state index in [1.165, 1.54) is 24.3 Å². The third-order valence-corrected chi connectivity index (χ3v) is 3.27. The van der Waals surface area contributed by atoms with Crippen LogP contribution in [0, 0.1) is 12.3 Å². The number of ether oxygens (including phenoxy) is 1. The monoisotopic (exact) mass is 189 g/mol. The van der Waals surface area contributed by atoms with Gasteiger partial charge < -0.3 is 9.64 Å². The van der Waals surface area contributed by atoms with Crippen molar-refractivity contribution in [3.63, 3.8) is 0 Å². The van der Waals surface area contributed by atoms with E-state index in [0.717, 1.165) is 13.2 Å². The summed E-state index contributed by atoms with van der Waals surface area (Å²) in [5, 5.41) is 0. The Morgan fingerprint density at radius 2 is 1.79 bits per heavy atom. The second-order valence-corrected chi connectivity index (χ2v) is 4.68. The summed E-state index contributed by atoms with van der Waals surface area (Å²) in [7, 11) is 0. The lowest BCUT2D eigenvalue weighted by Crippen LogP contribution is -2.66. The molecule has 1 aromatic rings. The van der Waals surface area contributed by atoms with Gasteiger partial charge in [-0.05, 0) is 19.1 Å². The SMILES string of the molecule is Cc1ccc(N2CC3(COC3)C2)cc1. The molecule has 3 rings (SSSR count). The minimum absolute atomic E-state index is 0.519. The van der Waals surface area contributed by atoms with Crippen molar-refractivity contribution in [1.82, 2.24) is 0 Å². The fourth-order valence-corrected chi connectivity index (χ4v) is 2.27. The van der Waals surface area contributed by atoms with Crippen LogP contribution in [0.2, 0.25) is 0 Å². The predicted octanol–water partition coefficient (Wildman–Crippen LogP) is 1.83. The summed E-state index contributed by atoms with van der Waals surface area (Å²) >= 11 is 0. The van der Waals surface area contributed by atoms with E-state index in [1.807, 2.05) is 0 Å². The van der Waals surface area contributed by atoms with Gasteiger partial charge in [0.2, 0.25) is 0 Å². The third-order valence-electron chi connectivity index (χ3n) is 3.27. The Hall–Kier alpha value is -1.02. The number of hydrogen-bond donors (Lipinski definition) is 0. The third kappa shape index (κ3) is 1.14. The maximum Gasteiger partial charge on any atom is 0.0579 e. The number of nitrogens with zero attached hydrogens (tertiary/aromatic N) is 1. The molecule has 2 nitrogen and oxygen atoms in total. The summed E-state index contributed by atoms with van der Waals surface area (Å²) in [5.74, 6) is 0. The highest BCUT2D eigenvalue weighted by Gasteiger charge is 2.48. The van der Waals surface area contributed by atoms with E-state index in [0.29, 0.717) is 5.41 Å². The molecule has 1 spiro atoms. The Morgan fingerprint density at radius 3 is 2.29 bits per heavy atom. The van der Waals surface area contributed by atoms with Crippen LogP contribution in [-0.4, -0.2) is 26.3 Å². The van der Waals surface area contributed by atoms with Crippen molar-refractivity contribution in [3.05, 3.63) is 29.8 Å². The zero-order chi connectivity index (χ0) is 9.60. The Labute approximate surface area is 84.5 Å². The molecule has 0 radical (unpaired) electrons. The van der Waals surface area contributed by atoms with E-state index >= 15 is 0 Å². The standard InChI is InChI=1S/C12H15NO/c1-10-2-4-11(5-3-10)13-6-12(7-13)8-14-9-12/h2-5H,6-9H2,1H3. The molecule has 0 aliphatic carbocycles. The minimum Gasteiger partial charge on any atom is -0.380 e. The molecular weight excluding hydrogens is 174 g/mol. The molecule has 2 saturated heterocycles. The lowest BCUT2D eigenvalue weighted by atomic mass is 9.78. The summed E-state index contributed by atoms with van der Waals surface area (Å²) in [6.45, 7) is 6.41. The van der Waals surface area contributed by atoms with Crippen molar-refractivity contribution in [2.45, 2.75) is 6.92 Å². The summed E-state index contributed by atoms with van der Waals surface area (Å²) in [6.07, 6.45) is 0. The van der Waals surface area contributed by atoms with Crippen LogP contribution in [0.3, 0.4) is 0 Å². The zero-order valence-corrected chi connectivity index (χ0v) is 8.49. The second-order valence-electron chi connectivity index (χ2n) is 4.68. The quantitative estimate of drug-likeness (QED) is 0.668. The summed E-state index contributed by atoms with van der Waals surface area (Å²) in [6, 6.07) is 8.78. The van der Waals surface area contributed by atoms with Crippen LogP contribution in [-0.2, 0) is 4.74 Å². The largest absolute Gasteiger partial charge is 0.380 e. The van der Waals surface area contributed by atoms with Crippen molar-refractivity contribution in [2.24, 2.45) is 5.41 Å². The first-order valence-electron chi connectivity index (χ1n) is 5.17. The van der Waals surface area contributed by atoms with Crippen LogP contribution in [0.1, 0.15) is 5.56 Å². The number of aryl methyl sites for hydroxylation is 1. The molecule has 2 fully saturated rings. The lowest BCUT2D eigenvalue weighted by Gasteiger charge is -2.56. The van der Waals surface area contributed by atoms with Gasteiger partial charge in [-0.3, -0.25) is 0 Å². The van der Waals surface area contributed by atoms with Crippen molar-refractivity contribution >= 4 is 5.69 Å². The van der Waals surface area contributed by atoms with E-state index < -0.39 is 0 Å². The fourth-order valence-electron chi connectivity index (χ4n) is 2.27. The first-order valence-corrected chi connectivity index (χ1v) is 5.17. The lowest BCUT2D eigenvalue weighted by molar-refractivity contribution is -0.127. The van der Waals surface area contributed by atoms with Crippen LogP contribution < -0.4 is 4.90 Å². The predicted molar refractivity (Wildman–Crippen MR) is 56.6 cm³/mol. The second kappa shape index (κ2) is 2.74. The molecule has 2 aliphatic heterocycles. The molecule has 1 aromatic carbocycles. The Morgan fingerprint density at radius 1 is 1.14 bits per heavy atom. The van der Waals surface area contributed by atoms with Gasteiger partial charge in [0.15, 0.2) is 0 Å². The maximum atomic E-state index is 5.26. The molecule has 74 valence electrons. The molecular formula is C12H15NO. The summed E-state index contributed by atoms with van der Waals surface area (Å²) in [4.78, 5) is 2.43. The van der Waals surface area contributed by atoms with Gasteiger partial charge in [0.1, 0.15) is 0 Å². The molecule has 0 amide bonds. The molecule has 0 saturated carbocycles. The van der Waals surface area contributed by atoms with Gasteiger partial charge in [-0.15, -0.1) is 0 Å². The van der Waals surface area contributed by atoms with Gasteiger partial charge in [-0.1, -0.05) is 17.7 Å². The normalized spacial score (nSPS) is 23.1. The highest BCUT2D eigenvalue weighted by molar-refractivity contribution is 5.51. The van der Waals surface area contributed by atoms with Crippen molar-refractivity contribution in [1.29, 1.82) is 0 Å². The molecule has 0 N–H and O–H groups in total. The molecule has 2 heterocycles. The molecule has 14 heavy (non-hydrogen) atoms. The van der Waals surface area contributed by atoms with Gasteiger partial charge in [0.05, 0.1) is 18.6 Å². The molecule has 0 atom stereocenters. The minimum atomic E-state index is 0.519. The average molecular weight is 189 g/mol. The summed E-state index contributed by atoms with van der Waals surface area (Å²) < 4.78 is 5.26. The van der Waals surface area contributed by atoms with Crippen LogP contribution in [0.5, 0.6) is 0 Å². The first-order chi connectivity index (χ1) is 6.77. The van der Waals surface area contributed by atoms with Gasteiger partial charge in [-0.25, -0.2) is 0 Å². The van der Waals surface area contributed by atoms with Gasteiger partial charge in [-0.2, -0.15) is 0 Å². The zero-order valence-electron chi connectivity index (χ0n) is 8.49. The van der Waals surface area contributed by atoms with Crippen LogP contribution in [0.15, 0.2) is 24.3 Å². The van der Waals surface area contributed by atoms with Crippen LogP contribution in [0.25, 0.3) is 0 Å². The van der Waals surface area contributed by atoms with E-state index in [1.54, 1.807) is 0 Å². The number of hydrogen-bond acceptors (Lipinski definition) is 2. The van der Waals surface area contributed by atoms with Crippen molar-refractivity contribution in [2.75, 3.05) is 31.2 Å². The van der Waals surface area contributed by atoms with Gasteiger partial charge >= 0.3 is 0 Å². The van der Waals surface area contributed by atoms with Gasteiger partial charge in [0.25, 0.3) is 0 Å². The maximum absolute atomic E-state index is 5.26. The van der Waals surface area contributed by atoms with E-state index in [9.17, 15) is 0 Å². The average Bonchev–Trinajstić information content (AvgIpc) is 2.03. The molecule has 0 bridgehead atoms. The smallest absolute Gasteiger partial charge is 0.0579 e. The number of benzene rings is 1. The van der Waals surface area contributed by atoms with Gasteiger partial charge in [0, 0.05) is 18.8 Å². The van der Waals surface area contributed by atoms with E-state index in [4.69, 9.17) is 4.74 Å². The van der Waals surface area contributed by atoms with E-state index in [-0.39, 0.29) is 0 Å². The Bertz CT molecular complexity index is 332. The Balaban J connectivity index is 1.70. The fraction of sp³-hybridized carbons (Fsp3) is 0.500.